The van der Waals surface area contributed by atoms with E-state index in [0.29, 0.717) is 0 Å². The molecular formula is C19H21ClN6. The Kier molecular flexibility index (Phi) is 4.86. The van der Waals surface area contributed by atoms with Crippen LogP contribution in [0, 0.1) is 0 Å². The smallest absolute Gasteiger partial charge is 0.227 e. The second-order valence-corrected chi connectivity index (χ2v) is 6.93. The predicted octanol–water partition coefficient (Wildman–Crippen LogP) is 2.85. The molecule has 1 fully saturated rings. The lowest BCUT2D eigenvalue weighted by atomic mass is 10.2. The van der Waals surface area contributed by atoms with E-state index in [4.69, 9.17) is 11.6 Å². The van der Waals surface area contributed by atoms with Gasteiger partial charge in [-0.2, -0.15) is 0 Å². The summed E-state index contributed by atoms with van der Waals surface area (Å²) in [5.41, 5.74) is 2.09. The molecule has 0 unspecified atom stereocenters. The first-order valence-corrected chi connectivity index (χ1v) is 9.11. The van der Waals surface area contributed by atoms with Crippen molar-refractivity contribution in [2.45, 2.75) is 6.54 Å². The summed E-state index contributed by atoms with van der Waals surface area (Å²) in [6.07, 6.45) is 1.78. The normalized spacial score (nSPS) is 15.4. The highest BCUT2D eigenvalue weighted by Gasteiger charge is 2.22. The molecule has 3 aromatic rings. The van der Waals surface area contributed by atoms with Crippen LogP contribution in [-0.2, 0) is 13.6 Å². The Labute approximate surface area is 158 Å². The Morgan fingerprint density at radius 1 is 1.00 bits per heavy atom. The lowest BCUT2D eigenvalue weighted by Crippen LogP contribution is -2.46. The number of pyridine rings is 1. The molecule has 1 saturated heterocycles. The molecule has 1 aromatic carbocycles. The van der Waals surface area contributed by atoms with Crippen LogP contribution in [0.4, 0.5) is 5.95 Å². The van der Waals surface area contributed by atoms with Crippen molar-refractivity contribution in [2.75, 3.05) is 31.1 Å². The highest BCUT2D eigenvalue weighted by Crippen LogP contribution is 2.21. The van der Waals surface area contributed by atoms with Crippen LogP contribution in [-0.4, -0.2) is 50.8 Å². The van der Waals surface area contributed by atoms with E-state index >= 15 is 0 Å². The molecule has 134 valence electrons. The molecule has 0 saturated carbocycles. The lowest BCUT2D eigenvalue weighted by Gasteiger charge is -2.35. The van der Waals surface area contributed by atoms with Gasteiger partial charge in [0.1, 0.15) is 5.69 Å². The number of aromatic nitrogens is 4. The van der Waals surface area contributed by atoms with Crippen LogP contribution in [0.5, 0.6) is 0 Å². The van der Waals surface area contributed by atoms with Gasteiger partial charge in [0, 0.05) is 51.0 Å². The summed E-state index contributed by atoms with van der Waals surface area (Å²) >= 11 is 6.09. The minimum atomic E-state index is 0.793. The van der Waals surface area contributed by atoms with E-state index < -0.39 is 0 Å². The third-order valence-electron chi connectivity index (χ3n) is 4.70. The summed E-state index contributed by atoms with van der Waals surface area (Å²) in [6, 6.07) is 13.9. The van der Waals surface area contributed by atoms with Crippen molar-refractivity contribution in [3.05, 3.63) is 59.2 Å². The maximum atomic E-state index is 6.09. The van der Waals surface area contributed by atoms with Gasteiger partial charge in [0.2, 0.25) is 5.95 Å². The molecule has 0 spiro atoms. The van der Waals surface area contributed by atoms with Crippen molar-refractivity contribution < 1.29 is 0 Å². The molecule has 0 amide bonds. The van der Waals surface area contributed by atoms with E-state index in [9.17, 15) is 0 Å². The van der Waals surface area contributed by atoms with Gasteiger partial charge in [-0.25, -0.2) is 0 Å². The number of hydrogen-bond donors (Lipinski definition) is 0. The largest absolute Gasteiger partial charge is 0.338 e. The van der Waals surface area contributed by atoms with Gasteiger partial charge in [-0.3, -0.25) is 14.5 Å². The molecular weight excluding hydrogens is 348 g/mol. The molecule has 0 atom stereocenters. The molecule has 1 aliphatic rings. The highest BCUT2D eigenvalue weighted by molar-refractivity contribution is 6.30. The van der Waals surface area contributed by atoms with Crippen molar-refractivity contribution >= 4 is 17.5 Å². The summed E-state index contributed by atoms with van der Waals surface area (Å²) in [7, 11) is 2.00. The first-order valence-electron chi connectivity index (χ1n) is 8.73. The van der Waals surface area contributed by atoms with Crippen LogP contribution in [0.1, 0.15) is 5.56 Å². The molecule has 2 aromatic heterocycles. The Bertz CT molecular complexity index is 871. The van der Waals surface area contributed by atoms with Gasteiger partial charge < -0.3 is 4.90 Å². The Morgan fingerprint density at radius 3 is 2.58 bits per heavy atom. The summed E-state index contributed by atoms with van der Waals surface area (Å²) in [5.74, 6) is 1.69. The van der Waals surface area contributed by atoms with Crippen LogP contribution >= 0.6 is 11.6 Å². The number of hydrogen-bond acceptors (Lipinski definition) is 5. The van der Waals surface area contributed by atoms with Crippen molar-refractivity contribution in [1.82, 2.24) is 24.6 Å². The van der Waals surface area contributed by atoms with E-state index in [2.05, 4.69) is 31.0 Å². The topological polar surface area (TPSA) is 50.1 Å². The fourth-order valence-corrected chi connectivity index (χ4v) is 3.53. The maximum Gasteiger partial charge on any atom is 0.227 e. The molecule has 26 heavy (non-hydrogen) atoms. The summed E-state index contributed by atoms with van der Waals surface area (Å²) in [6.45, 7) is 4.74. The van der Waals surface area contributed by atoms with Crippen molar-refractivity contribution in [2.24, 2.45) is 7.05 Å². The van der Waals surface area contributed by atoms with Crippen molar-refractivity contribution in [3.63, 3.8) is 0 Å². The van der Waals surface area contributed by atoms with Crippen LogP contribution in [0.3, 0.4) is 0 Å². The molecule has 0 bridgehead atoms. The molecule has 0 N–H and O–H groups in total. The summed E-state index contributed by atoms with van der Waals surface area (Å²) in [4.78, 5) is 9.10. The highest BCUT2D eigenvalue weighted by atomic mass is 35.5. The van der Waals surface area contributed by atoms with E-state index in [1.54, 1.807) is 6.20 Å². The minimum Gasteiger partial charge on any atom is -0.338 e. The molecule has 0 aliphatic carbocycles. The number of rotatable bonds is 4. The van der Waals surface area contributed by atoms with Gasteiger partial charge in [-0.15, -0.1) is 10.2 Å². The first-order chi connectivity index (χ1) is 12.7. The van der Waals surface area contributed by atoms with Gasteiger partial charge in [0.05, 0.1) is 0 Å². The average molecular weight is 369 g/mol. The molecule has 6 nitrogen and oxygen atoms in total. The third-order valence-corrected chi connectivity index (χ3v) is 4.93. The van der Waals surface area contributed by atoms with Gasteiger partial charge >= 0.3 is 0 Å². The van der Waals surface area contributed by atoms with Crippen LogP contribution in [0.2, 0.25) is 5.02 Å². The van der Waals surface area contributed by atoms with Crippen molar-refractivity contribution in [3.8, 4) is 11.5 Å². The fraction of sp³-hybridized carbons (Fsp3) is 0.316. The molecule has 1 aliphatic heterocycles. The minimum absolute atomic E-state index is 0.793. The predicted molar refractivity (Wildman–Crippen MR) is 103 cm³/mol. The zero-order valence-electron chi connectivity index (χ0n) is 14.7. The van der Waals surface area contributed by atoms with E-state index in [-0.39, 0.29) is 0 Å². The zero-order valence-corrected chi connectivity index (χ0v) is 15.5. The summed E-state index contributed by atoms with van der Waals surface area (Å²) in [5, 5.41) is 9.53. The zero-order chi connectivity index (χ0) is 17.9. The molecule has 0 radical (unpaired) electrons. The van der Waals surface area contributed by atoms with Gasteiger partial charge in [-0.05, 0) is 29.8 Å². The van der Waals surface area contributed by atoms with E-state index in [1.165, 1.54) is 5.56 Å². The average Bonchev–Trinajstić information content (AvgIpc) is 3.05. The number of nitrogens with zero attached hydrogens (tertiary/aromatic N) is 6. The Balaban J connectivity index is 1.41. The van der Waals surface area contributed by atoms with Gasteiger partial charge in [0.25, 0.3) is 0 Å². The van der Waals surface area contributed by atoms with E-state index in [1.807, 2.05) is 48.0 Å². The number of piperazine rings is 1. The number of halogens is 1. The SMILES string of the molecule is Cn1c(-c2ccccn2)nnc1N1CCN(Cc2cccc(Cl)c2)CC1. The monoisotopic (exact) mass is 368 g/mol. The second-order valence-electron chi connectivity index (χ2n) is 6.49. The molecule has 3 heterocycles. The number of benzene rings is 1. The van der Waals surface area contributed by atoms with Crippen LogP contribution in [0.25, 0.3) is 11.5 Å². The van der Waals surface area contributed by atoms with Gasteiger partial charge in [0.15, 0.2) is 5.82 Å². The summed E-state index contributed by atoms with van der Waals surface area (Å²) < 4.78 is 2.02. The van der Waals surface area contributed by atoms with Crippen LogP contribution < -0.4 is 4.90 Å². The second kappa shape index (κ2) is 7.43. The maximum absolute atomic E-state index is 6.09. The standard InChI is InChI=1S/C19H21ClN6/c1-24-18(17-7-2-3-8-21-17)22-23-19(24)26-11-9-25(10-12-26)14-15-5-4-6-16(20)13-15/h2-8,13H,9-12,14H2,1H3. The number of anilines is 1. The lowest BCUT2D eigenvalue weighted by molar-refractivity contribution is 0.248. The third kappa shape index (κ3) is 3.57. The fourth-order valence-electron chi connectivity index (χ4n) is 3.31. The Morgan fingerprint density at radius 2 is 1.85 bits per heavy atom. The quantitative estimate of drug-likeness (QED) is 0.708. The molecule has 7 heteroatoms. The van der Waals surface area contributed by atoms with E-state index in [0.717, 1.165) is 55.2 Å². The molecule has 4 rings (SSSR count). The first kappa shape index (κ1) is 17.0. The van der Waals surface area contributed by atoms with Crippen LogP contribution in [0.15, 0.2) is 48.7 Å². The van der Waals surface area contributed by atoms with Crippen molar-refractivity contribution in [1.29, 1.82) is 0 Å². The Hall–Kier alpha value is -2.44. The van der Waals surface area contributed by atoms with Gasteiger partial charge in [-0.1, -0.05) is 29.8 Å².